The summed E-state index contributed by atoms with van der Waals surface area (Å²) in [5, 5.41) is 0. The second-order valence-electron chi connectivity index (χ2n) is 4.26. The van der Waals surface area contributed by atoms with Gasteiger partial charge in [-0.05, 0) is 40.0 Å². The SMILES string of the molecule is CC[Si](NC)(NC)N(C)C1CCCC1. The van der Waals surface area contributed by atoms with Crippen molar-refractivity contribution in [2.45, 2.75) is 44.7 Å². The maximum absolute atomic E-state index is 3.55. The number of hydrogen-bond donors (Lipinski definition) is 2. The highest BCUT2D eigenvalue weighted by molar-refractivity contribution is 6.72. The first-order valence-corrected chi connectivity index (χ1v) is 7.96. The van der Waals surface area contributed by atoms with Gasteiger partial charge in [-0.2, -0.15) is 0 Å². The van der Waals surface area contributed by atoms with E-state index in [2.05, 4.69) is 42.6 Å². The van der Waals surface area contributed by atoms with Gasteiger partial charge in [0, 0.05) is 6.04 Å². The maximum atomic E-state index is 3.55. The Bertz CT molecular complexity index is 156. The van der Waals surface area contributed by atoms with E-state index in [-0.39, 0.29) is 0 Å². The van der Waals surface area contributed by atoms with Gasteiger partial charge in [0.1, 0.15) is 0 Å². The summed E-state index contributed by atoms with van der Waals surface area (Å²) in [5.41, 5.74) is 0. The zero-order valence-electron chi connectivity index (χ0n) is 10.1. The second kappa shape index (κ2) is 5.26. The van der Waals surface area contributed by atoms with Crippen LogP contribution >= 0.6 is 0 Å². The third kappa shape index (κ3) is 2.19. The summed E-state index contributed by atoms with van der Waals surface area (Å²) in [6.45, 7) is 2.28. The topological polar surface area (TPSA) is 27.3 Å². The molecule has 4 heteroatoms. The minimum Gasteiger partial charge on any atom is -0.316 e. The van der Waals surface area contributed by atoms with Crippen molar-refractivity contribution in [3.63, 3.8) is 0 Å². The fourth-order valence-corrected chi connectivity index (χ4v) is 5.73. The van der Waals surface area contributed by atoms with Gasteiger partial charge in [-0.25, -0.2) is 0 Å². The Morgan fingerprint density at radius 2 is 1.71 bits per heavy atom. The van der Waals surface area contributed by atoms with Crippen molar-refractivity contribution < 1.29 is 0 Å². The Morgan fingerprint density at radius 3 is 2.07 bits per heavy atom. The van der Waals surface area contributed by atoms with E-state index in [1.807, 2.05) is 0 Å². The molecule has 0 radical (unpaired) electrons. The van der Waals surface area contributed by atoms with Gasteiger partial charge in [0.2, 0.25) is 0 Å². The van der Waals surface area contributed by atoms with Gasteiger partial charge in [0.15, 0.2) is 0 Å². The summed E-state index contributed by atoms with van der Waals surface area (Å²) < 4.78 is 2.61. The van der Waals surface area contributed by atoms with Crippen LogP contribution in [0.15, 0.2) is 0 Å². The molecule has 1 fully saturated rings. The molecule has 0 aromatic carbocycles. The lowest BCUT2D eigenvalue weighted by Gasteiger charge is -2.41. The number of nitrogens with one attached hydrogen (secondary N) is 2. The predicted molar refractivity (Wildman–Crippen MR) is 64.4 cm³/mol. The van der Waals surface area contributed by atoms with Crippen molar-refractivity contribution in [2.75, 3.05) is 21.1 Å². The molecule has 1 aliphatic carbocycles. The Hall–Kier alpha value is 0.0969. The highest BCUT2D eigenvalue weighted by Crippen LogP contribution is 2.25. The van der Waals surface area contributed by atoms with Crippen LogP contribution in [0.5, 0.6) is 0 Å². The molecule has 1 saturated carbocycles. The molecule has 0 amide bonds. The van der Waals surface area contributed by atoms with Gasteiger partial charge >= 0.3 is 0 Å². The third-order valence-electron chi connectivity index (χ3n) is 3.81. The molecule has 3 nitrogen and oxygen atoms in total. The minimum absolute atomic E-state index is 0.807. The lowest BCUT2D eigenvalue weighted by Crippen LogP contribution is -2.71. The summed E-state index contributed by atoms with van der Waals surface area (Å²) in [6, 6.07) is 2.02. The van der Waals surface area contributed by atoms with Crippen molar-refractivity contribution in [2.24, 2.45) is 0 Å². The first kappa shape index (κ1) is 12.2. The first-order chi connectivity index (χ1) is 6.70. The summed E-state index contributed by atoms with van der Waals surface area (Å²) in [7, 11) is 4.93. The van der Waals surface area contributed by atoms with Crippen LogP contribution in [-0.4, -0.2) is 40.3 Å². The predicted octanol–water partition coefficient (Wildman–Crippen LogP) is 1.26. The summed E-state index contributed by atoms with van der Waals surface area (Å²) in [4.78, 5) is 7.09. The van der Waals surface area contributed by atoms with E-state index in [1.54, 1.807) is 0 Å². The summed E-state index contributed by atoms with van der Waals surface area (Å²) >= 11 is 0. The van der Waals surface area contributed by atoms with Crippen LogP contribution in [0.1, 0.15) is 32.6 Å². The standard InChI is InChI=1S/C10H25N3Si/c1-5-14(11-2,12-3)13(4)10-8-6-7-9-10/h10-12H,5-9H2,1-4H3. The molecule has 0 saturated heterocycles. The van der Waals surface area contributed by atoms with Crippen molar-refractivity contribution in [3.05, 3.63) is 0 Å². The molecule has 0 bridgehead atoms. The average molecular weight is 215 g/mol. The smallest absolute Gasteiger partial charge is 0.283 e. The van der Waals surface area contributed by atoms with Crippen molar-refractivity contribution in [1.82, 2.24) is 14.5 Å². The van der Waals surface area contributed by atoms with Crippen LogP contribution in [0, 0.1) is 0 Å². The molecule has 1 aliphatic rings. The van der Waals surface area contributed by atoms with Crippen LogP contribution < -0.4 is 9.96 Å². The number of rotatable bonds is 5. The minimum atomic E-state index is -1.55. The molecular weight excluding hydrogens is 190 g/mol. The normalized spacial score (nSPS) is 19.5. The van der Waals surface area contributed by atoms with Crippen molar-refractivity contribution >= 4 is 8.56 Å². The van der Waals surface area contributed by atoms with Gasteiger partial charge in [-0.1, -0.05) is 19.8 Å². The molecule has 2 N–H and O–H groups in total. The maximum Gasteiger partial charge on any atom is 0.283 e. The van der Waals surface area contributed by atoms with E-state index in [9.17, 15) is 0 Å². The molecular formula is C10H25N3Si. The molecule has 1 rings (SSSR count). The Morgan fingerprint density at radius 1 is 1.21 bits per heavy atom. The van der Waals surface area contributed by atoms with Crippen LogP contribution in [-0.2, 0) is 0 Å². The van der Waals surface area contributed by atoms with E-state index < -0.39 is 8.56 Å². The first-order valence-electron chi connectivity index (χ1n) is 5.81. The van der Waals surface area contributed by atoms with Crippen molar-refractivity contribution in [1.29, 1.82) is 0 Å². The molecule has 0 spiro atoms. The van der Waals surface area contributed by atoms with E-state index in [1.165, 1.54) is 31.7 Å². The van der Waals surface area contributed by atoms with Gasteiger partial charge in [-0.3, -0.25) is 4.57 Å². The highest BCUT2D eigenvalue weighted by atomic mass is 28.4. The van der Waals surface area contributed by atoms with Crippen LogP contribution in [0.4, 0.5) is 0 Å². The van der Waals surface area contributed by atoms with Crippen LogP contribution in [0.2, 0.25) is 6.04 Å². The lowest BCUT2D eigenvalue weighted by atomic mass is 10.3. The largest absolute Gasteiger partial charge is 0.316 e. The van der Waals surface area contributed by atoms with E-state index in [4.69, 9.17) is 0 Å². The molecule has 0 atom stereocenters. The van der Waals surface area contributed by atoms with E-state index in [0.29, 0.717) is 0 Å². The third-order valence-corrected chi connectivity index (χ3v) is 8.06. The molecule has 0 heterocycles. The number of nitrogens with zero attached hydrogens (tertiary/aromatic N) is 1. The molecule has 14 heavy (non-hydrogen) atoms. The fraction of sp³-hybridized carbons (Fsp3) is 1.00. The Balaban J connectivity index is 2.65. The molecule has 0 unspecified atom stereocenters. The number of hydrogen-bond acceptors (Lipinski definition) is 3. The fourth-order valence-electron chi connectivity index (χ4n) is 2.68. The van der Waals surface area contributed by atoms with Crippen LogP contribution in [0.3, 0.4) is 0 Å². The second-order valence-corrected chi connectivity index (χ2v) is 8.40. The molecule has 0 aromatic heterocycles. The molecule has 0 aromatic rings. The lowest BCUT2D eigenvalue weighted by molar-refractivity contribution is 0.355. The van der Waals surface area contributed by atoms with Gasteiger partial charge in [0.05, 0.1) is 0 Å². The average Bonchev–Trinajstić information content (AvgIpc) is 2.74. The van der Waals surface area contributed by atoms with Crippen LogP contribution in [0.25, 0.3) is 0 Å². The summed E-state index contributed by atoms with van der Waals surface area (Å²) in [5.74, 6) is 0. The Kier molecular flexibility index (Phi) is 4.57. The zero-order chi connectivity index (χ0) is 10.6. The monoisotopic (exact) mass is 215 g/mol. The van der Waals surface area contributed by atoms with Gasteiger partial charge in [0.25, 0.3) is 8.56 Å². The van der Waals surface area contributed by atoms with Gasteiger partial charge in [-0.15, -0.1) is 0 Å². The highest BCUT2D eigenvalue weighted by Gasteiger charge is 2.38. The summed E-state index contributed by atoms with van der Waals surface area (Å²) in [6.07, 6.45) is 5.59. The zero-order valence-corrected chi connectivity index (χ0v) is 11.1. The van der Waals surface area contributed by atoms with Crippen molar-refractivity contribution in [3.8, 4) is 0 Å². The molecule has 0 aliphatic heterocycles. The Labute approximate surface area is 89.5 Å². The van der Waals surface area contributed by atoms with E-state index >= 15 is 0 Å². The quantitative estimate of drug-likeness (QED) is 0.676. The van der Waals surface area contributed by atoms with Gasteiger partial charge < -0.3 is 9.96 Å². The van der Waals surface area contributed by atoms with E-state index in [0.717, 1.165) is 6.04 Å². The molecule has 84 valence electrons.